The van der Waals surface area contributed by atoms with Gasteiger partial charge in [0.15, 0.2) is 6.61 Å². The summed E-state index contributed by atoms with van der Waals surface area (Å²) in [5.41, 5.74) is 3.02. The summed E-state index contributed by atoms with van der Waals surface area (Å²) in [5.74, 6) is 0.644. The Morgan fingerprint density at radius 2 is 1.87 bits per heavy atom. The van der Waals surface area contributed by atoms with Crippen LogP contribution in [0.5, 0.6) is 5.75 Å². The second-order valence-electron chi connectivity index (χ2n) is 5.87. The highest BCUT2D eigenvalue weighted by molar-refractivity contribution is 5.77. The summed E-state index contributed by atoms with van der Waals surface area (Å²) >= 11 is 0. The standard InChI is InChI=1S/C19H22FNO2/c1-13(2)16-7-4-14(3)18(10-16)23-12-19(22)21-11-15-5-8-17(20)9-6-15/h4-10,13H,11-12H2,1-3H3,(H,21,22). The van der Waals surface area contributed by atoms with E-state index in [1.807, 2.05) is 19.1 Å². The number of aryl methyl sites for hydroxylation is 1. The van der Waals surface area contributed by atoms with Gasteiger partial charge < -0.3 is 10.1 Å². The van der Waals surface area contributed by atoms with Gasteiger partial charge in [0.05, 0.1) is 0 Å². The number of hydrogen-bond acceptors (Lipinski definition) is 2. The van der Waals surface area contributed by atoms with Crippen molar-refractivity contribution in [3.8, 4) is 5.75 Å². The Hall–Kier alpha value is -2.36. The number of hydrogen-bond donors (Lipinski definition) is 1. The van der Waals surface area contributed by atoms with Gasteiger partial charge in [-0.15, -0.1) is 0 Å². The van der Waals surface area contributed by atoms with Gasteiger partial charge in [0.1, 0.15) is 11.6 Å². The molecule has 2 aromatic carbocycles. The third-order valence-electron chi connectivity index (χ3n) is 3.64. The molecular weight excluding hydrogens is 293 g/mol. The summed E-state index contributed by atoms with van der Waals surface area (Å²) < 4.78 is 18.4. The van der Waals surface area contributed by atoms with E-state index >= 15 is 0 Å². The molecule has 0 heterocycles. The molecule has 0 saturated heterocycles. The minimum atomic E-state index is -0.288. The van der Waals surface area contributed by atoms with Gasteiger partial charge >= 0.3 is 0 Å². The first kappa shape index (κ1) is 17.0. The van der Waals surface area contributed by atoms with E-state index in [1.165, 1.54) is 17.7 Å². The average Bonchev–Trinajstić information content (AvgIpc) is 2.53. The predicted molar refractivity (Wildman–Crippen MR) is 89.0 cm³/mol. The zero-order chi connectivity index (χ0) is 16.8. The minimum Gasteiger partial charge on any atom is -0.483 e. The molecule has 3 nitrogen and oxygen atoms in total. The quantitative estimate of drug-likeness (QED) is 0.876. The molecule has 0 bridgehead atoms. The lowest BCUT2D eigenvalue weighted by Gasteiger charge is -2.13. The Labute approximate surface area is 136 Å². The van der Waals surface area contributed by atoms with Crippen LogP contribution in [0.4, 0.5) is 4.39 Å². The number of benzene rings is 2. The molecule has 2 aromatic rings. The number of carbonyl (C=O) groups excluding carboxylic acids is 1. The molecule has 0 aliphatic carbocycles. The van der Waals surface area contributed by atoms with Crippen molar-refractivity contribution < 1.29 is 13.9 Å². The summed E-state index contributed by atoms with van der Waals surface area (Å²) in [5, 5.41) is 2.76. The summed E-state index contributed by atoms with van der Waals surface area (Å²) in [6.45, 7) is 6.50. The first-order valence-electron chi connectivity index (χ1n) is 7.70. The molecule has 0 fully saturated rings. The zero-order valence-corrected chi connectivity index (χ0v) is 13.7. The fraction of sp³-hybridized carbons (Fsp3) is 0.316. The first-order valence-corrected chi connectivity index (χ1v) is 7.70. The van der Waals surface area contributed by atoms with E-state index < -0.39 is 0 Å². The Kier molecular flexibility index (Phi) is 5.74. The third-order valence-corrected chi connectivity index (χ3v) is 3.64. The average molecular weight is 315 g/mol. The SMILES string of the molecule is Cc1ccc(C(C)C)cc1OCC(=O)NCc1ccc(F)cc1. The van der Waals surface area contributed by atoms with Gasteiger partial charge in [0, 0.05) is 6.54 Å². The number of ether oxygens (including phenoxy) is 1. The Bertz CT molecular complexity index is 666. The maximum atomic E-state index is 12.8. The van der Waals surface area contributed by atoms with Gasteiger partial charge in [-0.3, -0.25) is 4.79 Å². The maximum Gasteiger partial charge on any atom is 0.258 e. The van der Waals surface area contributed by atoms with Crippen LogP contribution >= 0.6 is 0 Å². The molecule has 0 saturated carbocycles. The van der Waals surface area contributed by atoms with Crippen molar-refractivity contribution in [2.24, 2.45) is 0 Å². The Balaban J connectivity index is 1.86. The van der Waals surface area contributed by atoms with E-state index in [-0.39, 0.29) is 18.3 Å². The van der Waals surface area contributed by atoms with E-state index in [0.717, 1.165) is 16.9 Å². The molecule has 1 N–H and O–H groups in total. The summed E-state index contributed by atoms with van der Waals surface area (Å²) in [6, 6.07) is 12.1. The zero-order valence-electron chi connectivity index (χ0n) is 13.7. The van der Waals surface area contributed by atoms with Crippen LogP contribution in [-0.4, -0.2) is 12.5 Å². The molecule has 0 radical (unpaired) electrons. The number of nitrogens with one attached hydrogen (secondary N) is 1. The fourth-order valence-electron chi connectivity index (χ4n) is 2.13. The molecular formula is C19H22FNO2. The summed E-state index contributed by atoms with van der Waals surface area (Å²) in [7, 11) is 0. The molecule has 122 valence electrons. The van der Waals surface area contributed by atoms with Gasteiger partial charge in [-0.1, -0.05) is 38.1 Å². The van der Waals surface area contributed by atoms with Crippen LogP contribution in [0.3, 0.4) is 0 Å². The lowest BCUT2D eigenvalue weighted by Crippen LogP contribution is -2.28. The normalized spacial score (nSPS) is 10.7. The van der Waals surface area contributed by atoms with Crippen molar-refractivity contribution in [3.63, 3.8) is 0 Å². The largest absolute Gasteiger partial charge is 0.483 e. The van der Waals surface area contributed by atoms with Gasteiger partial charge in [0.2, 0.25) is 0 Å². The van der Waals surface area contributed by atoms with Crippen LogP contribution in [-0.2, 0) is 11.3 Å². The van der Waals surface area contributed by atoms with Crippen LogP contribution in [0.2, 0.25) is 0 Å². The minimum absolute atomic E-state index is 0.0381. The van der Waals surface area contributed by atoms with Crippen LogP contribution < -0.4 is 10.1 Å². The third kappa shape index (κ3) is 5.09. The van der Waals surface area contributed by atoms with Crippen molar-refractivity contribution in [3.05, 3.63) is 65.0 Å². The highest BCUT2D eigenvalue weighted by atomic mass is 19.1. The first-order chi connectivity index (χ1) is 11.0. The summed E-state index contributed by atoms with van der Waals surface area (Å²) in [6.07, 6.45) is 0. The molecule has 0 atom stereocenters. The van der Waals surface area contributed by atoms with Crippen LogP contribution in [0.1, 0.15) is 36.5 Å². The van der Waals surface area contributed by atoms with Crippen LogP contribution in [0.25, 0.3) is 0 Å². The molecule has 0 aromatic heterocycles. The molecule has 1 amide bonds. The topological polar surface area (TPSA) is 38.3 Å². The van der Waals surface area contributed by atoms with E-state index in [0.29, 0.717) is 12.5 Å². The van der Waals surface area contributed by atoms with Crippen molar-refractivity contribution in [1.82, 2.24) is 5.32 Å². The molecule has 0 aliphatic rings. The predicted octanol–water partition coefficient (Wildman–Crippen LogP) is 3.95. The Morgan fingerprint density at radius 1 is 1.17 bits per heavy atom. The van der Waals surface area contributed by atoms with Gasteiger partial charge in [-0.05, 0) is 47.7 Å². The highest BCUT2D eigenvalue weighted by Crippen LogP contribution is 2.24. The molecule has 4 heteroatoms. The van der Waals surface area contributed by atoms with Gasteiger partial charge in [0.25, 0.3) is 5.91 Å². The number of halogens is 1. The molecule has 0 spiro atoms. The Morgan fingerprint density at radius 3 is 2.52 bits per heavy atom. The summed E-state index contributed by atoms with van der Waals surface area (Å²) in [4.78, 5) is 11.9. The van der Waals surface area contributed by atoms with Gasteiger partial charge in [-0.25, -0.2) is 4.39 Å². The van der Waals surface area contributed by atoms with Gasteiger partial charge in [-0.2, -0.15) is 0 Å². The number of amides is 1. The lowest BCUT2D eigenvalue weighted by atomic mass is 10.0. The highest BCUT2D eigenvalue weighted by Gasteiger charge is 2.07. The molecule has 23 heavy (non-hydrogen) atoms. The lowest BCUT2D eigenvalue weighted by molar-refractivity contribution is -0.123. The van der Waals surface area contributed by atoms with Crippen molar-refractivity contribution in [1.29, 1.82) is 0 Å². The number of carbonyl (C=O) groups is 1. The molecule has 2 rings (SSSR count). The maximum absolute atomic E-state index is 12.8. The van der Waals surface area contributed by atoms with Crippen molar-refractivity contribution in [2.75, 3.05) is 6.61 Å². The number of rotatable bonds is 6. The second kappa shape index (κ2) is 7.77. The fourth-order valence-corrected chi connectivity index (χ4v) is 2.13. The second-order valence-corrected chi connectivity index (χ2v) is 5.87. The van der Waals surface area contributed by atoms with E-state index in [4.69, 9.17) is 4.74 Å². The van der Waals surface area contributed by atoms with Crippen LogP contribution in [0.15, 0.2) is 42.5 Å². The smallest absolute Gasteiger partial charge is 0.258 e. The monoisotopic (exact) mass is 315 g/mol. The van der Waals surface area contributed by atoms with Crippen LogP contribution in [0, 0.1) is 12.7 Å². The molecule has 0 aliphatic heterocycles. The van der Waals surface area contributed by atoms with Crippen molar-refractivity contribution >= 4 is 5.91 Å². The molecule has 0 unspecified atom stereocenters. The van der Waals surface area contributed by atoms with E-state index in [9.17, 15) is 9.18 Å². The van der Waals surface area contributed by atoms with E-state index in [2.05, 4.69) is 25.2 Å². The van der Waals surface area contributed by atoms with Crippen molar-refractivity contribution in [2.45, 2.75) is 33.2 Å². The van der Waals surface area contributed by atoms with E-state index in [1.54, 1.807) is 12.1 Å².